The van der Waals surface area contributed by atoms with Crippen LogP contribution in [0.15, 0.2) is 34.7 Å². The van der Waals surface area contributed by atoms with Gasteiger partial charge in [0.25, 0.3) is 0 Å². The monoisotopic (exact) mass is 259 g/mol. The van der Waals surface area contributed by atoms with Crippen molar-refractivity contribution in [2.45, 2.75) is 23.9 Å². The summed E-state index contributed by atoms with van der Waals surface area (Å²) in [5, 5.41) is 9.07. The number of nitrogens with two attached hydrogens (primary N) is 1. The number of rotatable bonds is 3. The second-order valence-corrected chi connectivity index (χ2v) is 4.83. The van der Waals surface area contributed by atoms with E-state index < -0.39 is 0 Å². The van der Waals surface area contributed by atoms with Gasteiger partial charge < -0.3 is 5.73 Å². The van der Waals surface area contributed by atoms with Crippen molar-refractivity contribution in [3.05, 3.63) is 41.5 Å². The molecule has 0 aliphatic heterocycles. The molecule has 0 amide bonds. The molecule has 92 valence electrons. The van der Waals surface area contributed by atoms with E-state index in [2.05, 4.69) is 15.0 Å². The molecule has 2 rings (SSSR count). The molecule has 0 spiro atoms. The standard InChI is InChI=1S/C12H13N5S/c1-7-5-8(2)17-12(10(7)11(13)14)18-9-6-15-3-4-16-9/h3-6H,1-2H3,(H3,13,14). The van der Waals surface area contributed by atoms with Gasteiger partial charge >= 0.3 is 0 Å². The van der Waals surface area contributed by atoms with Crippen molar-refractivity contribution in [1.82, 2.24) is 15.0 Å². The quantitative estimate of drug-likeness (QED) is 0.649. The molecule has 3 N–H and O–H groups in total. The molecule has 6 heteroatoms. The molecule has 18 heavy (non-hydrogen) atoms. The summed E-state index contributed by atoms with van der Waals surface area (Å²) in [5.41, 5.74) is 8.11. The zero-order valence-electron chi connectivity index (χ0n) is 10.1. The Bertz CT molecular complexity index is 583. The Labute approximate surface area is 109 Å². The Kier molecular flexibility index (Phi) is 3.57. The van der Waals surface area contributed by atoms with Gasteiger partial charge in [-0.2, -0.15) is 0 Å². The number of amidine groups is 1. The highest BCUT2D eigenvalue weighted by Crippen LogP contribution is 2.28. The van der Waals surface area contributed by atoms with Crippen LogP contribution in [0.2, 0.25) is 0 Å². The van der Waals surface area contributed by atoms with Gasteiger partial charge in [0.05, 0.1) is 11.8 Å². The van der Waals surface area contributed by atoms with E-state index in [1.807, 2.05) is 19.9 Å². The highest BCUT2D eigenvalue weighted by Gasteiger charge is 2.13. The van der Waals surface area contributed by atoms with Crippen molar-refractivity contribution >= 4 is 17.6 Å². The summed E-state index contributed by atoms with van der Waals surface area (Å²) >= 11 is 1.37. The fraction of sp³-hybridized carbons (Fsp3) is 0.167. The minimum Gasteiger partial charge on any atom is -0.384 e. The smallest absolute Gasteiger partial charge is 0.125 e. The SMILES string of the molecule is Cc1cc(C)c(C(=N)N)c(Sc2cnccn2)n1. The predicted octanol–water partition coefficient (Wildman–Crippen LogP) is 1.92. The zero-order chi connectivity index (χ0) is 13.1. The van der Waals surface area contributed by atoms with Gasteiger partial charge in [0, 0.05) is 18.1 Å². The summed E-state index contributed by atoms with van der Waals surface area (Å²) in [4.78, 5) is 12.6. The van der Waals surface area contributed by atoms with Crippen molar-refractivity contribution in [3.63, 3.8) is 0 Å². The van der Waals surface area contributed by atoms with Crippen LogP contribution in [-0.2, 0) is 0 Å². The maximum absolute atomic E-state index is 7.64. The number of nitrogens with zero attached hydrogens (tertiary/aromatic N) is 3. The Balaban J connectivity index is 2.46. The maximum Gasteiger partial charge on any atom is 0.125 e. The number of hydrogen-bond acceptors (Lipinski definition) is 5. The van der Waals surface area contributed by atoms with Crippen LogP contribution in [0, 0.1) is 19.3 Å². The van der Waals surface area contributed by atoms with E-state index in [4.69, 9.17) is 11.1 Å². The molecule has 0 fully saturated rings. The molecule has 0 saturated heterocycles. The van der Waals surface area contributed by atoms with Gasteiger partial charge in [-0.1, -0.05) is 0 Å². The molecule has 2 aromatic rings. The van der Waals surface area contributed by atoms with Crippen LogP contribution in [-0.4, -0.2) is 20.8 Å². The van der Waals surface area contributed by atoms with Gasteiger partial charge in [0.1, 0.15) is 15.9 Å². The number of aryl methyl sites for hydroxylation is 2. The highest BCUT2D eigenvalue weighted by atomic mass is 32.2. The summed E-state index contributed by atoms with van der Waals surface area (Å²) in [5.74, 6) is 0.0198. The van der Waals surface area contributed by atoms with Crippen LogP contribution in [0.5, 0.6) is 0 Å². The normalized spacial score (nSPS) is 10.3. The molecule has 0 saturated carbocycles. The Hall–Kier alpha value is -1.95. The third-order valence-electron chi connectivity index (χ3n) is 2.32. The van der Waals surface area contributed by atoms with Gasteiger partial charge in [-0.3, -0.25) is 10.4 Å². The first-order valence-corrected chi connectivity index (χ1v) is 6.16. The average Bonchev–Trinajstić information content (AvgIpc) is 2.28. The van der Waals surface area contributed by atoms with E-state index in [9.17, 15) is 0 Å². The van der Waals surface area contributed by atoms with Gasteiger partial charge in [0.15, 0.2) is 0 Å². The van der Waals surface area contributed by atoms with Crippen LogP contribution in [0.1, 0.15) is 16.8 Å². The Morgan fingerprint density at radius 2 is 2.11 bits per heavy atom. The van der Waals surface area contributed by atoms with Crippen molar-refractivity contribution in [3.8, 4) is 0 Å². The molecular formula is C12H13N5S. The fourth-order valence-electron chi connectivity index (χ4n) is 1.64. The number of nitrogens with one attached hydrogen (secondary N) is 1. The van der Waals surface area contributed by atoms with Gasteiger partial charge in [0.2, 0.25) is 0 Å². The summed E-state index contributed by atoms with van der Waals surface area (Å²) in [6.07, 6.45) is 4.90. The van der Waals surface area contributed by atoms with E-state index in [-0.39, 0.29) is 5.84 Å². The largest absolute Gasteiger partial charge is 0.384 e. The third-order valence-corrected chi connectivity index (χ3v) is 3.23. The van der Waals surface area contributed by atoms with Crippen LogP contribution in [0.3, 0.4) is 0 Å². The second-order valence-electron chi connectivity index (χ2n) is 3.82. The molecule has 0 radical (unpaired) electrons. The lowest BCUT2D eigenvalue weighted by Crippen LogP contribution is -2.15. The second kappa shape index (κ2) is 5.14. The van der Waals surface area contributed by atoms with Gasteiger partial charge in [-0.25, -0.2) is 9.97 Å². The van der Waals surface area contributed by atoms with Crippen molar-refractivity contribution in [1.29, 1.82) is 5.41 Å². The average molecular weight is 259 g/mol. The number of pyridine rings is 1. The zero-order valence-corrected chi connectivity index (χ0v) is 11.0. The van der Waals surface area contributed by atoms with E-state index in [1.54, 1.807) is 18.6 Å². The number of hydrogen-bond donors (Lipinski definition) is 2. The lowest BCUT2D eigenvalue weighted by molar-refractivity contribution is 1.01. The molecule has 2 aromatic heterocycles. The van der Waals surface area contributed by atoms with Crippen molar-refractivity contribution in [2.24, 2.45) is 5.73 Å². The van der Waals surface area contributed by atoms with E-state index >= 15 is 0 Å². The number of aromatic nitrogens is 3. The van der Waals surface area contributed by atoms with Crippen LogP contribution < -0.4 is 5.73 Å². The molecule has 2 heterocycles. The van der Waals surface area contributed by atoms with E-state index in [0.717, 1.165) is 16.3 Å². The Morgan fingerprint density at radius 3 is 2.72 bits per heavy atom. The molecule has 0 aliphatic rings. The molecule has 0 aliphatic carbocycles. The van der Waals surface area contributed by atoms with Crippen LogP contribution >= 0.6 is 11.8 Å². The molecule has 0 unspecified atom stereocenters. The Morgan fingerprint density at radius 1 is 1.33 bits per heavy atom. The summed E-state index contributed by atoms with van der Waals surface area (Å²) in [6, 6.07) is 1.91. The van der Waals surface area contributed by atoms with E-state index in [1.165, 1.54) is 11.8 Å². The van der Waals surface area contributed by atoms with Gasteiger partial charge in [-0.05, 0) is 37.2 Å². The summed E-state index contributed by atoms with van der Waals surface area (Å²) in [6.45, 7) is 3.84. The summed E-state index contributed by atoms with van der Waals surface area (Å²) in [7, 11) is 0. The topological polar surface area (TPSA) is 88.5 Å². The molecule has 0 bridgehead atoms. The third kappa shape index (κ3) is 2.65. The first kappa shape index (κ1) is 12.5. The molecule has 5 nitrogen and oxygen atoms in total. The molecule has 0 atom stereocenters. The van der Waals surface area contributed by atoms with Crippen LogP contribution in [0.25, 0.3) is 0 Å². The molecular weight excluding hydrogens is 246 g/mol. The van der Waals surface area contributed by atoms with Crippen molar-refractivity contribution in [2.75, 3.05) is 0 Å². The maximum atomic E-state index is 7.64. The highest BCUT2D eigenvalue weighted by molar-refractivity contribution is 7.99. The number of nitrogen functional groups attached to an aromatic ring is 1. The van der Waals surface area contributed by atoms with Crippen LogP contribution in [0.4, 0.5) is 0 Å². The predicted molar refractivity (Wildman–Crippen MR) is 70.9 cm³/mol. The van der Waals surface area contributed by atoms with Crippen molar-refractivity contribution < 1.29 is 0 Å². The lowest BCUT2D eigenvalue weighted by atomic mass is 10.1. The van der Waals surface area contributed by atoms with Gasteiger partial charge in [-0.15, -0.1) is 0 Å². The van der Waals surface area contributed by atoms with E-state index in [0.29, 0.717) is 10.6 Å². The first-order chi connectivity index (χ1) is 8.58. The fourth-order valence-corrected chi connectivity index (χ4v) is 2.63. The minimum atomic E-state index is 0.0198. The summed E-state index contributed by atoms with van der Waals surface area (Å²) < 4.78 is 0. The first-order valence-electron chi connectivity index (χ1n) is 5.34. The minimum absolute atomic E-state index is 0.0198. The molecule has 0 aromatic carbocycles. The lowest BCUT2D eigenvalue weighted by Gasteiger charge is -2.10.